The quantitative estimate of drug-likeness (QED) is 0.286. The normalized spacial score (nSPS) is 15.4. The summed E-state index contributed by atoms with van der Waals surface area (Å²) in [6, 6.07) is 30.9. The summed E-state index contributed by atoms with van der Waals surface area (Å²) in [5.74, 6) is 0.655. The molecule has 2 aliphatic rings. The molecule has 0 aromatic heterocycles. The van der Waals surface area contributed by atoms with Crippen molar-refractivity contribution in [3.8, 4) is 22.6 Å². The average Bonchev–Trinajstić information content (AvgIpc) is 3.38. The molecule has 4 aromatic rings. The van der Waals surface area contributed by atoms with Crippen LogP contribution in [0.25, 0.3) is 22.8 Å². The summed E-state index contributed by atoms with van der Waals surface area (Å²) in [5.41, 5.74) is 5.57. The number of nitrogens with zero attached hydrogens (tertiary/aromatic N) is 1. The summed E-state index contributed by atoms with van der Waals surface area (Å²) in [5, 5.41) is 0. The molecule has 0 aliphatic carbocycles. The van der Waals surface area contributed by atoms with E-state index in [9.17, 15) is 9.59 Å². The van der Waals surface area contributed by atoms with Crippen LogP contribution in [0.1, 0.15) is 27.0 Å². The van der Waals surface area contributed by atoms with Gasteiger partial charge in [0.2, 0.25) is 6.79 Å². The monoisotopic (exact) mass is 459 g/mol. The van der Waals surface area contributed by atoms with Gasteiger partial charge >= 0.3 is 0 Å². The van der Waals surface area contributed by atoms with Gasteiger partial charge in [-0.25, -0.2) is 0 Å². The third-order valence-electron chi connectivity index (χ3n) is 6.27. The Balaban J connectivity index is 1.35. The second-order valence-electron chi connectivity index (χ2n) is 8.48. The van der Waals surface area contributed by atoms with Crippen molar-refractivity contribution >= 4 is 23.5 Å². The average molecular weight is 460 g/mol. The first-order valence-electron chi connectivity index (χ1n) is 11.4. The smallest absolute Gasteiger partial charge is 0.261 e. The van der Waals surface area contributed by atoms with E-state index in [1.807, 2.05) is 78.9 Å². The van der Waals surface area contributed by atoms with Gasteiger partial charge in [0.15, 0.2) is 11.5 Å². The molecule has 0 saturated carbocycles. The van der Waals surface area contributed by atoms with Crippen LogP contribution in [0.2, 0.25) is 0 Å². The van der Waals surface area contributed by atoms with Crippen LogP contribution in [0.4, 0.5) is 0 Å². The Morgan fingerprint density at radius 2 is 1.37 bits per heavy atom. The number of carbonyl (C=O) groups excluding carboxylic acids is 2. The van der Waals surface area contributed by atoms with E-state index in [-0.39, 0.29) is 25.2 Å². The van der Waals surface area contributed by atoms with E-state index >= 15 is 0 Å². The zero-order valence-corrected chi connectivity index (χ0v) is 18.8. The van der Waals surface area contributed by atoms with Crippen molar-refractivity contribution in [1.82, 2.24) is 4.90 Å². The number of amides is 2. The molecule has 0 saturated heterocycles. The zero-order valence-electron chi connectivity index (χ0n) is 18.8. The Bertz CT molecular complexity index is 1470. The summed E-state index contributed by atoms with van der Waals surface area (Å²) < 4.78 is 10.8. The van der Waals surface area contributed by atoms with E-state index in [4.69, 9.17) is 9.47 Å². The van der Waals surface area contributed by atoms with Gasteiger partial charge < -0.3 is 9.47 Å². The molecule has 0 N–H and O–H groups in total. The summed E-state index contributed by atoms with van der Waals surface area (Å²) in [6.45, 7) is 0.316. The van der Waals surface area contributed by atoms with E-state index in [2.05, 4.69) is 12.1 Å². The fourth-order valence-corrected chi connectivity index (χ4v) is 4.48. The first-order valence-corrected chi connectivity index (χ1v) is 11.4. The van der Waals surface area contributed by atoms with Gasteiger partial charge in [-0.05, 0) is 52.1 Å². The standard InChI is InChI=1S/C30H21NO4/c32-29-25-9-5-4-8-24(25)26(16-20-10-13-23(14-11-20)22-6-2-1-3-7-22)30(33)31(29)18-21-12-15-27-28(17-21)35-19-34-27/h1-17H,18-19H2/b26-16-. The second-order valence-corrected chi connectivity index (χ2v) is 8.48. The van der Waals surface area contributed by atoms with Crippen LogP contribution in [-0.2, 0) is 11.3 Å². The summed E-state index contributed by atoms with van der Waals surface area (Å²) in [7, 11) is 0. The van der Waals surface area contributed by atoms with Gasteiger partial charge in [0, 0.05) is 11.1 Å². The molecule has 2 aliphatic heterocycles. The van der Waals surface area contributed by atoms with Crippen molar-refractivity contribution < 1.29 is 19.1 Å². The molecule has 0 unspecified atom stereocenters. The number of hydrogen-bond acceptors (Lipinski definition) is 4. The molecular formula is C30H21NO4. The third kappa shape index (κ3) is 3.87. The number of ether oxygens (including phenoxy) is 2. The van der Waals surface area contributed by atoms with E-state index in [0.29, 0.717) is 28.2 Å². The largest absolute Gasteiger partial charge is 0.454 e. The molecule has 6 rings (SSSR count). The fourth-order valence-electron chi connectivity index (χ4n) is 4.48. The molecule has 0 fully saturated rings. The number of hydrogen-bond donors (Lipinski definition) is 0. The van der Waals surface area contributed by atoms with E-state index < -0.39 is 0 Å². The minimum Gasteiger partial charge on any atom is -0.454 e. The Labute approximate surface area is 202 Å². The predicted octanol–water partition coefficient (Wildman–Crippen LogP) is 5.81. The van der Waals surface area contributed by atoms with Crippen LogP contribution in [-0.4, -0.2) is 23.5 Å². The van der Waals surface area contributed by atoms with Crippen LogP contribution in [0, 0.1) is 0 Å². The number of rotatable bonds is 4. The molecule has 35 heavy (non-hydrogen) atoms. The van der Waals surface area contributed by atoms with Gasteiger partial charge in [0.05, 0.1) is 6.54 Å². The lowest BCUT2D eigenvalue weighted by Crippen LogP contribution is -2.41. The minimum absolute atomic E-state index is 0.146. The highest BCUT2D eigenvalue weighted by atomic mass is 16.7. The number of carbonyl (C=O) groups is 2. The van der Waals surface area contributed by atoms with E-state index in [1.54, 1.807) is 12.1 Å². The van der Waals surface area contributed by atoms with Crippen molar-refractivity contribution in [1.29, 1.82) is 0 Å². The summed E-state index contributed by atoms with van der Waals surface area (Å²) in [4.78, 5) is 28.2. The topological polar surface area (TPSA) is 55.8 Å². The Kier molecular flexibility index (Phi) is 5.15. The molecular weight excluding hydrogens is 438 g/mol. The Hall–Kier alpha value is -4.64. The third-order valence-corrected chi connectivity index (χ3v) is 6.27. The Morgan fingerprint density at radius 1 is 0.686 bits per heavy atom. The van der Waals surface area contributed by atoms with Gasteiger partial charge in [-0.15, -0.1) is 0 Å². The van der Waals surface area contributed by atoms with Gasteiger partial charge in [0.25, 0.3) is 11.8 Å². The van der Waals surface area contributed by atoms with Crippen molar-refractivity contribution in [2.75, 3.05) is 6.79 Å². The highest BCUT2D eigenvalue weighted by Gasteiger charge is 2.34. The number of fused-ring (bicyclic) bond motifs is 2. The minimum atomic E-state index is -0.321. The van der Waals surface area contributed by atoms with Crippen LogP contribution < -0.4 is 9.47 Å². The maximum atomic E-state index is 13.6. The summed E-state index contributed by atoms with van der Waals surface area (Å²) >= 11 is 0. The first kappa shape index (κ1) is 20.9. The molecule has 2 heterocycles. The molecule has 0 atom stereocenters. The van der Waals surface area contributed by atoms with Crippen molar-refractivity contribution in [3.05, 3.63) is 119 Å². The van der Waals surface area contributed by atoms with Crippen molar-refractivity contribution in [2.45, 2.75) is 6.54 Å². The molecule has 2 amide bonds. The van der Waals surface area contributed by atoms with Crippen LogP contribution >= 0.6 is 0 Å². The lowest BCUT2D eigenvalue weighted by molar-refractivity contribution is -0.123. The lowest BCUT2D eigenvalue weighted by Gasteiger charge is -2.29. The van der Waals surface area contributed by atoms with Gasteiger partial charge in [-0.3, -0.25) is 14.5 Å². The zero-order chi connectivity index (χ0) is 23.8. The molecule has 0 spiro atoms. The number of imide groups is 1. The Morgan fingerprint density at radius 3 is 2.17 bits per heavy atom. The highest BCUT2D eigenvalue weighted by Crippen LogP contribution is 2.35. The van der Waals surface area contributed by atoms with Gasteiger partial charge in [0.1, 0.15) is 0 Å². The maximum Gasteiger partial charge on any atom is 0.261 e. The fraction of sp³-hybridized carbons (Fsp3) is 0.0667. The van der Waals surface area contributed by atoms with Crippen molar-refractivity contribution in [2.24, 2.45) is 0 Å². The summed E-state index contributed by atoms with van der Waals surface area (Å²) in [6.07, 6.45) is 1.86. The first-order chi connectivity index (χ1) is 17.2. The van der Waals surface area contributed by atoms with Gasteiger partial charge in [-0.2, -0.15) is 0 Å². The van der Waals surface area contributed by atoms with Crippen LogP contribution in [0.3, 0.4) is 0 Å². The van der Waals surface area contributed by atoms with Crippen LogP contribution in [0.15, 0.2) is 97.1 Å². The predicted molar refractivity (Wildman–Crippen MR) is 134 cm³/mol. The van der Waals surface area contributed by atoms with Crippen LogP contribution in [0.5, 0.6) is 11.5 Å². The highest BCUT2D eigenvalue weighted by molar-refractivity contribution is 6.33. The second kappa shape index (κ2) is 8.61. The molecule has 4 aromatic carbocycles. The lowest BCUT2D eigenvalue weighted by atomic mass is 9.91. The number of benzene rings is 4. The maximum absolute atomic E-state index is 13.6. The molecule has 5 heteroatoms. The van der Waals surface area contributed by atoms with Gasteiger partial charge in [-0.1, -0.05) is 78.9 Å². The molecule has 0 radical (unpaired) electrons. The van der Waals surface area contributed by atoms with Crippen molar-refractivity contribution in [3.63, 3.8) is 0 Å². The molecule has 5 nitrogen and oxygen atoms in total. The molecule has 170 valence electrons. The molecule has 0 bridgehead atoms. The SMILES string of the molecule is O=C1/C(=C\c2ccc(-c3ccccc3)cc2)c2ccccc2C(=O)N1Cc1ccc2c(c1)OCO2. The van der Waals surface area contributed by atoms with E-state index in [1.165, 1.54) is 4.90 Å². The van der Waals surface area contributed by atoms with E-state index in [0.717, 1.165) is 22.3 Å².